The first kappa shape index (κ1) is 25.1. The van der Waals surface area contributed by atoms with Gasteiger partial charge in [0.25, 0.3) is 11.8 Å². The maximum absolute atomic E-state index is 13.5. The molecule has 7 nitrogen and oxygen atoms in total. The number of amides is 2. The molecule has 3 fully saturated rings. The van der Waals surface area contributed by atoms with Crippen LogP contribution in [0, 0.1) is 17.5 Å². The number of nitrogens with one attached hydrogen (secondary N) is 2. The fourth-order valence-electron chi connectivity index (χ4n) is 4.74. The largest absolute Gasteiger partial charge is 0.484 e. The summed E-state index contributed by atoms with van der Waals surface area (Å²) in [5.41, 5.74) is -1.50. The predicted molar refractivity (Wildman–Crippen MR) is 120 cm³/mol. The van der Waals surface area contributed by atoms with Crippen LogP contribution in [0.4, 0.5) is 13.2 Å². The van der Waals surface area contributed by atoms with Crippen LogP contribution < -0.4 is 20.1 Å². The van der Waals surface area contributed by atoms with E-state index in [2.05, 4.69) is 10.6 Å². The maximum atomic E-state index is 13.5. The van der Waals surface area contributed by atoms with Crippen molar-refractivity contribution in [3.63, 3.8) is 0 Å². The molecule has 0 aliphatic heterocycles. The van der Waals surface area contributed by atoms with Crippen LogP contribution in [-0.4, -0.2) is 47.3 Å². The van der Waals surface area contributed by atoms with E-state index in [1.165, 1.54) is 18.2 Å². The van der Waals surface area contributed by atoms with Gasteiger partial charge in [-0.1, -0.05) is 11.6 Å². The number of rotatable bonds is 8. The number of hydrogen-bond donors (Lipinski definition) is 3. The maximum Gasteiger partial charge on any atom is 0.258 e. The van der Waals surface area contributed by atoms with E-state index < -0.39 is 53.1 Å². The molecule has 2 aromatic carbocycles. The molecular formula is C24H24ClF3N2O5. The van der Waals surface area contributed by atoms with E-state index in [-0.39, 0.29) is 29.5 Å². The van der Waals surface area contributed by atoms with Gasteiger partial charge >= 0.3 is 0 Å². The SMILES string of the molecule is O=C(COc1ccc(F)c(F)c1)NC12CCC(NC(=O)COc3ccc(Cl)c(F)c3)(CC1)C(O)C2. The van der Waals surface area contributed by atoms with E-state index in [4.69, 9.17) is 21.1 Å². The lowest BCUT2D eigenvalue weighted by Gasteiger charge is -2.56. The standard InChI is InChI=1S/C24H24ClF3N2O5/c25-16-3-1-14(9-18(16)27)35-13-22(33)30-24-7-5-23(6-8-24,11-20(24)31)29-21(32)12-34-15-2-4-17(26)19(28)10-15/h1-4,9-10,20,31H,5-8,11-13H2,(H,29,32)(H,30,33). The second-order valence-electron chi connectivity index (χ2n) is 8.98. The van der Waals surface area contributed by atoms with E-state index >= 15 is 0 Å². The van der Waals surface area contributed by atoms with Crippen LogP contribution in [-0.2, 0) is 9.59 Å². The molecule has 35 heavy (non-hydrogen) atoms. The van der Waals surface area contributed by atoms with Gasteiger partial charge in [-0.3, -0.25) is 9.59 Å². The van der Waals surface area contributed by atoms with Crippen LogP contribution >= 0.6 is 11.6 Å². The lowest BCUT2D eigenvalue weighted by atomic mass is 9.60. The molecule has 3 aliphatic carbocycles. The molecule has 0 radical (unpaired) electrons. The Labute approximate surface area is 204 Å². The average Bonchev–Trinajstić information content (AvgIpc) is 2.82. The van der Waals surface area contributed by atoms with Crippen molar-refractivity contribution in [2.24, 2.45) is 0 Å². The van der Waals surface area contributed by atoms with Crippen molar-refractivity contribution in [2.75, 3.05) is 13.2 Å². The Bertz CT molecular complexity index is 1120. The fraction of sp³-hybridized carbons (Fsp3) is 0.417. The Hall–Kier alpha value is -2.98. The number of halogens is 4. The molecular weight excluding hydrogens is 489 g/mol. The Morgan fingerprint density at radius 2 is 1.46 bits per heavy atom. The van der Waals surface area contributed by atoms with E-state index in [1.54, 1.807) is 0 Å². The van der Waals surface area contributed by atoms with E-state index in [0.29, 0.717) is 25.7 Å². The van der Waals surface area contributed by atoms with Crippen LogP contribution in [0.2, 0.25) is 5.02 Å². The second-order valence-corrected chi connectivity index (χ2v) is 9.39. The Morgan fingerprint density at radius 3 is 2.03 bits per heavy atom. The van der Waals surface area contributed by atoms with Gasteiger partial charge in [0.05, 0.1) is 16.7 Å². The molecule has 1 unspecified atom stereocenters. The first-order valence-corrected chi connectivity index (χ1v) is 11.4. The third-order valence-corrected chi connectivity index (χ3v) is 6.94. The van der Waals surface area contributed by atoms with Crippen molar-refractivity contribution in [1.82, 2.24) is 10.6 Å². The summed E-state index contributed by atoms with van der Waals surface area (Å²) in [6.07, 6.45) is 1.22. The highest BCUT2D eigenvalue weighted by molar-refractivity contribution is 6.30. The fourth-order valence-corrected chi connectivity index (χ4v) is 4.86. The summed E-state index contributed by atoms with van der Waals surface area (Å²) >= 11 is 5.63. The number of ether oxygens (including phenoxy) is 2. The Morgan fingerprint density at radius 1 is 0.886 bits per heavy atom. The third-order valence-electron chi connectivity index (χ3n) is 6.64. The van der Waals surface area contributed by atoms with Crippen molar-refractivity contribution < 1.29 is 37.3 Å². The number of benzene rings is 2. The molecule has 188 valence electrons. The monoisotopic (exact) mass is 512 g/mol. The van der Waals surface area contributed by atoms with Gasteiger partial charge in [-0.25, -0.2) is 13.2 Å². The minimum absolute atomic E-state index is 0.0224. The summed E-state index contributed by atoms with van der Waals surface area (Å²) in [6, 6.07) is 6.84. The molecule has 0 saturated heterocycles. The van der Waals surface area contributed by atoms with Gasteiger partial charge in [-0.15, -0.1) is 0 Å². The summed E-state index contributed by atoms with van der Waals surface area (Å²) < 4.78 is 50.4. The van der Waals surface area contributed by atoms with Crippen molar-refractivity contribution >= 4 is 23.4 Å². The van der Waals surface area contributed by atoms with E-state index in [9.17, 15) is 27.9 Å². The molecule has 3 saturated carbocycles. The number of carbonyl (C=O) groups excluding carboxylic acids is 2. The van der Waals surface area contributed by atoms with Crippen LogP contribution in [0.5, 0.6) is 11.5 Å². The summed E-state index contributed by atoms with van der Waals surface area (Å²) in [7, 11) is 0. The van der Waals surface area contributed by atoms with Gasteiger partial charge in [0.1, 0.15) is 17.3 Å². The Kier molecular flexibility index (Phi) is 7.14. The summed E-state index contributed by atoms with van der Waals surface area (Å²) in [6.45, 7) is -0.758. The minimum Gasteiger partial charge on any atom is -0.484 e. The number of aliphatic hydroxyl groups excluding tert-OH is 1. The molecule has 0 heterocycles. The smallest absolute Gasteiger partial charge is 0.258 e. The first-order valence-electron chi connectivity index (χ1n) is 11.1. The normalized spacial score (nSPS) is 25.1. The molecule has 2 amide bonds. The molecule has 0 spiro atoms. The summed E-state index contributed by atoms with van der Waals surface area (Å²) in [5.74, 6) is -3.49. The molecule has 1 atom stereocenters. The molecule has 2 aromatic rings. The van der Waals surface area contributed by atoms with Gasteiger partial charge in [0, 0.05) is 17.7 Å². The molecule has 11 heteroatoms. The summed E-state index contributed by atoms with van der Waals surface area (Å²) in [5, 5.41) is 16.5. The van der Waals surface area contributed by atoms with Gasteiger partial charge in [0.2, 0.25) is 0 Å². The highest BCUT2D eigenvalue weighted by atomic mass is 35.5. The molecule has 3 aliphatic rings. The van der Waals surface area contributed by atoms with Crippen molar-refractivity contribution in [1.29, 1.82) is 0 Å². The molecule has 5 rings (SSSR count). The minimum atomic E-state index is -1.08. The second kappa shape index (κ2) is 9.94. The van der Waals surface area contributed by atoms with Crippen LogP contribution in [0.3, 0.4) is 0 Å². The summed E-state index contributed by atoms with van der Waals surface area (Å²) in [4.78, 5) is 24.9. The van der Waals surface area contributed by atoms with E-state index in [0.717, 1.165) is 18.2 Å². The average molecular weight is 513 g/mol. The van der Waals surface area contributed by atoms with Gasteiger partial charge in [-0.2, -0.15) is 0 Å². The van der Waals surface area contributed by atoms with Crippen molar-refractivity contribution in [3.05, 3.63) is 58.9 Å². The number of carbonyl (C=O) groups is 2. The van der Waals surface area contributed by atoms with Gasteiger partial charge < -0.3 is 25.2 Å². The topological polar surface area (TPSA) is 96.9 Å². The first-order chi connectivity index (χ1) is 16.6. The Balaban J connectivity index is 1.28. The van der Waals surface area contributed by atoms with Gasteiger partial charge in [0.15, 0.2) is 24.8 Å². The lowest BCUT2D eigenvalue weighted by Crippen LogP contribution is -2.70. The van der Waals surface area contributed by atoms with Crippen molar-refractivity contribution in [2.45, 2.75) is 49.3 Å². The van der Waals surface area contributed by atoms with Crippen LogP contribution in [0.15, 0.2) is 36.4 Å². The molecule has 0 aromatic heterocycles. The van der Waals surface area contributed by atoms with Crippen LogP contribution in [0.25, 0.3) is 0 Å². The molecule has 3 N–H and O–H groups in total. The van der Waals surface area contributed by atoms with E-state index in [1.807, 2.05) is 0 Å². The van der Waals surface area contributed by atoms with Crippen LogP contribution in [0.1, 0.15) is 32.1 Å². The third kappa shape index (κ3) is 5.65. The van der Waals surface area contributed by atoms with Crippen molar-refractivity contribution in [3.8, 4) is 11.5 Å². The zero-order valence-electron chi connectivity index (χ0n) is 18.6. The highest BCUT2D eigenvalue weighted by Gasteiger charge is 2.55. The number of hydrogen-bond acceptors (Lipinski definition) is 5. The highest BCUT2D eigenvalue weighted by Crippen LogP contribution is 2.47. The number of aliphatic hydroxyl groups is 1. The quantitative estimate of drug-likeness (QED) is 0.504. The molecule has 2 bridgehead atoms. The van der Waals surface area contributed by atoms with Gasteiger partial charge in [-0.05, 0) is 56.4 Å². The number of fused-ring (bicyclic) bond motifs is 3. The predicted octanol–water partition coefficient (Wildman–Crippen LogP) is 3.26. The zero-order valence-corrected chi connectivity index (χ0v) is 19.3. The zero-order chi connectivity index (χ0) is 25.2. The lowest BCUT2D eigenvalue weighted by molar-refractivity contribution is -0.137.